The van der Waals surface area contributed by atoms with E-state index in [2.05, 4.69) is 108 Å². The predicted octanol–water partition coefficient (Wildman–Crippen LogP) is 8.77. The van der Waals surface area contributed by atoms with Gasteiger partial charge in [-0.15, -0.1) is 22.7 Å². The maximum Gasteiger partial charge on any atom is 0.0818 e. The van der Waals surface area contributed by atoms with Crippen LogP contribution in [0.4, 0.5) is 11.4 Å². The summed E-state index contributed by atoms with van der Waals surface area (Å²) in [6.07, 6.45) is 0. The van der Waals surface area contributed by atoms with Crippen LogP contribution >= 0.6 is 22.7 Å². The molecule has 4 aromatic carbocycles. The topological polar surface area (TPSA) is 24.7 Å². The van der Waals surface area contributed by atoms with Crippen molar-refractivity contribution in [2.45, 2.75) is 0 Å². The molecule has 0 aliphatic carbocycles. The van der Waals surface area contributed by atoms with Crippen LogP contribution in [0.25, 0.3) is 20.2 Å². The Morgan fingerprint density at radius 3 is 1.32 bits per heavy atom. The van der Waals surface area contributed by atoms with Crippen molar-refractivity contribution in [2.24, 2.45) is 9.98 Å². The first-order chi connectivity index (χ1) is 16.9. The second-order valence-electron chi connectivity index (χ2n) is 8.25. The first kappa shape index (κ1) is 19.6. The van der Waals surface area contributed by atoms with Gasteiger partial charge in [0.15, 0.2) is 0 Å². The van der Waals surface area contributed by atoms with Gasteiger partial charge in [-0.1, -0.05) is 72.8 Å². The lowest BCUT2D eigenvalue weighted by Gasteiger charge is -2.17. The van der Waals surface area contributed by atoms with Gasteiger partial charge in [0.2, 0.25) is 0 Å². The van der Waals surface area contributed by atoms with Crippen LogP contribution in [0.5, 0.6) is 0 Å². The standard InChI is InChI=1S/C30H18N2S2/c1-5-13-25-21(11-1)29(23-17-33-27-15-7-3-9-19(23)27)32-26-14-6-2-12-22(26)30(31-25)24-18-34-28-16-8-4-10-20(24)28/h1-18H. The van der Waals surface area contributed by atoms with Crippen molar-refractivity contribution in [2.75, 3.05) is 0 Å². The second-order valence-corrected chi connectivity index (χ2v) is 10.1. The fourth-order valence-corrected chi connectivity index (χ4v) is 6.53. The van der Waals surface area contributed by atoms with Crippen LogP contribution in [0.2, 0.25) is 0 Å². The molecule has 34 heavy (non-hydrogen) atoms. The maximum atomic E-state index is 5.32. The highest BCUT2D eigenvalue weighted by Crippen LogP contribution is 2.38. The van der Waals surface area contributed by atoms with Crippen LogP contribution in [0.3, 0.4) is 0 Å². The third-order valence-electron chi connectivity index (χ3n) is 6.26. The van der Waals surface area contributed by atoms with Crippen LogP contribution in [0.15, 0.2) is 118 Å². The molecule has 160 valence electrons. The van der Waals surface area contributed by atoms with E-state index in [0.29, 0.717) is 0 Å². The smallest absolute Gasteiger partial charge is 0.0818 e. The van der Waals surface area contributed by atoms with Crippen LogP contribution in [0, 0.1) is 0 Å². The van der Waals surface area contributed by atoms with Gasteiger partial charge >= 0.3 is 0 Å². The molecular formula is C30H18N2S2. The molecule has 4 heteroatoms. The van der Waals surface area contributed by atoms with E-state index < -0.39 is 0 Å². The summed E-state index contributed by atoms with van der Waals surface area (Å²) < 4.78 is 2.53. The Balaban J connectivity index is 1.54. The zero-order valence-corrected chi connectivity index (χ0v) is 19.7. The molecule has 1 aliphatic heterocycles. The van der Waals surface area contributed by atoms with E-state index >= 15 is 0 Å². The molecular weight excluding hydrogens is 452 g/mol. The summed E-state index contributed by atoms with van der Waals surface area (Å²) in [6, 6.07) is 33.8. The second kappa shape index (κ2) is 7.87. The van der Waals surface area contributed by atoms with Crippen LogP contribution < -0.4 is 0 Å². The normalized spacial score (nSPS) is 13.1. The molecule has 0 amide bonds. The van der Waals surface area contributed by atoms with Crippen molar-refractivity contribution >= 4 is 65.6 Å². The van der Waals surface area contributed by atoms with Crippen LogP contribution in [-0.4, -0.2) is 11.4 Å². The molecule has 0 fully saturated rings. The molecule has 0 spiro atoms. The Bertz CT molecular complexity index is 1640. The van der Waals surface area contributed by atoms with Gasteiger partial charge in [0.05, 0.1) is 22.8 Å². The molecule has 3 heterocycles. The molecule has 1 aliphatic rings. The minimum Gasteiger partial charge on any atom is -0.247 e. The molecule has 6 aromatic rings. The predicted molar refractivity (Wildman–Crippen MR) is 147 cm³/mol. The van der Waals surface area contributed by atoms with E-state index in [9.17, 15) is 0 Å². The van der Waals surface area contributed by atoms with Gasteiger partial charge < -0.3 is 0 Å². The molecule has 0 bridgehead atoms. The Hall–Kier alpha value is -3.86. The molecule has 2 nitrogen and oxygen atoms in total. The number of thiophene rings is 2. The minimum atomic E-state index is 0.941. The Labute approximate surface area is 205 Å². The van der Waals surface area contributed by atoms with Gasteiger partial charge in [-0.05, 0) is 24.3 Å². The minimum absolute atomic E-state index is 0.941. The van der Waals surface area contributed by atoms with E-state index in [1.807, 2.05) is 0 Å². The molecule has 0 atom stereocenters. The number of nitrogens with zero attached hydrogens (tertiary/aromatic N) is 2. The molecule has 0 saturated heterocycles. The maximum absolute atomic E-state index is 5.32. The average Bonchev–Trinajstić information content (AvgIpc) is 3.50. The van der Waals surface area contributed by atoms with Gasteiger partial charge in [0, 0.05) is 53.2 Å². The Morgan fingerprint density at radius 1 is 0.412 bits per heavy atom. The lowest BCUT2D eigenvalue weighted by molar-refractivity contribution is 1.40. The number of aliphatic imine (C=N–C) groups is 2. The lowest BCUT2D eigenvalue weighted by Crippen LogP contribution is -2.09. The third-order valence-corrected chi connectivity index (χ3v) is 8.18. The third kappa shape index (κ3) is 3.07. The number of fused-ring (bicyclic) bond motifs is 4. The van der Waals surface area contributed by atoms with E-state index in [0.717, 1.165) is 45.1 Å². The fourth-order valence-electron chi connectivity index (χ4n) is 4.64. The Morgan fingerprint density at radius 2 is 0.824 bits per heavy atom. The average molecular weight is 471 g/mol. The summed E-state index contributed by atoms with van der Waals surface area (Å²) in [4.78, 5) is 10.6. The van der Waals surface area contributed by atoms with Crippen molar-refractivity contribution in [3.05, 3.63) is 130 Å². The van der Waals surface area contributed by atoms with E-state index in [1.165, 1.54) is 20.2 Å². The summed E-state index contributed by atoms with van der Waals surface area (Å²) in [7, 11) is 0. The van der Waals surface area contributed by atoms with Crippen molar-refractivity contribution < 1.29 is 0 Å². The molecule has 0 N–H and O–H groups in total. The number of rotatable bonds is 2. The van der Waals surface area contributed by atoms with E-state index in [4.69, 9.17) is 9.98 Å². The van der Waals surface area contributed by atoms with Crippen molar-refractivity contribution in [1.82, 2.24) is 0 Å². The highest BCUT2D eigenvalue weighted by atomic mass is 32.1. The quantitative estimate of drug-likeness (QED) is 0.241. The summed E-state index contributed by atoms with van der Waals surface area (Å²) in [5, 5.41) is 6.91. The van der Waals surface area contributed by atoms with Crippen molar-refractivity contribution in [3.8, 4) is 0 Å². The number of hydrogen-bond donors (Lipinski definition) is 0. The first-order valence-corrected chi connectivity index (χ1v) is 12.9. The SMILES string of the molecule is c1ccc2c(c1)N=C(c1csc3ccccc13)c1ccccc1N=C2c1csc2ccccc12. The van der Waals surface area contributed by atoms with Crippen molar-refractivity contribution in [1.29, 1.82) is 0 Å². The largest absolute Gasteiger partial charge is 0.247 e. The molecule has 2 aromatic heterocycles. The summed E-state index contributed by atoms with van der Waals surface area (Å²) in [5.74, 6) is 0. The fraction of sp³-hybridized carbons (Fsp3) is 0. The van der Waals surface area contributed by atoms with E-state index in [1.54, 1.807) is 22.7 Å². The Kier molecular flexibility index (Phi) is 4.54. The summed E-state index contributed by atoms with van der Waals surface area (Å²) >= 11 is 3.52. The molecule has 7 rings (SSSR count). The van der Waals surface area contributed by atoms with Gasteiger partial charge in [-0.3, -0.25) is 0 Å². The highest BCUT2D eigenvalue weighted by molar-refractivity contribution is 7.18. The number of benzene rings is 4. The molecule has 0 radical (unpaired) electrons. The number of hydrogen-bond acceptors (Lipinski definition) is 4. The summed E-state index contributed by atoms with van der Waals surface area (Å²) in [6.45, 7) is 0. The molecule has 0 unspecified atom stereocenters. The van der Waals surface area contributed by atoms with Crippen molar-refractivity contribution in [3.63, 3.8) is 0 Å². The van der Waals surface area contributed by atoms with Crippen LogP contribution in [-0.2, 0) is 0 Å². The van der Waals surface area contributed by atoms with E-state index in [-0.39, 0.29) is 0 Å². The monoisotopic (exact) mass is 470 g/mol. The van der Waals surface area contributed by atoms with Gasteiger partial charge in [0.25, 0.3) is 0 Å². The highest BCUT2D eigenvalue weighted by Gasteiger charge is 2.22. The zero-order chi connectivity index (χ0) is 22.5. The lowest BCUT2D eigenvalue weighted by atomic mass is 9.95. The summed E-state index contributed by atoms with van der Waals surface area (Å²) in [5.41, 5.74) is 8.24. The molecule has 0 saturated carbocycles. The zero-order valence-electron chi connectivity index (χ0n) is 18.1. The van der Waals surface area contributed by atoms with Crippen LogP contribution in [0.1, 0.15) is 22.3 Å². The van der Waals surface area contributed by atoms with Gasteiger partial charge in [-0.25, -0.2) is 9.98 Å². The first-order valence-electron chi connectivity index (χ1n) is 11.2. The van der Waals surface area contributed by atoms with Gasteiger partial charge in [-0.2, -0.15) is 0 Å². The van der Waals surface area contributed by atoms with Gasteiger partial charge in [0.1, 0.15) is 0 Å². The number of para-hydroxylation sites is 2.